The maximum atomic E-state index is 11.1. The van der Waals surface area contributed by atoms with Crippen molar-refractivity contribution in [3.8, 4) is 33.8 Å². The summed E-state index contributed by atoms with van der Waals surface area (Å²) in [5, 5.41) is 0. The van der Waals surface area contributed by atoms with Crippen molar-refractivity contribution < 1.29 is 47.5 Å². The van der Waals surface area contributed by atoms with E-state index in [1.807, 2.05) is 24.3 Å². The average molecular weight is 849 g/mol. The summed E-state index contributed by atoms with van der Waals surface area (Å²) in [5.41, 5.74) is 6.52. The van der Waals surface area contributed by atoms with Crippen molar-refractivity contribution in [2.24, 2.45) is 0 Å². The molecule has 10 heteroatoms. The molecule has 0 N–H and O–H groups in total. The maximum absolute atomic E-state index is 11.1. The van der Waals surface area contributed by atoms with Gasteiger partial charge in [0.05, 0.1) is 52.9 Å². The lowest BCUT2D eigenvalue weighted by Gasteiger charge is -2.31. The number of carbonyl (C=O) groups excluding carboxylic acids is 2. The third-order valence-electron chi connectivity index (χ3n) is 10.4. The summed E-state index contributed by atoms with van der Waals surface area (Å²) in [5.74, 6) is 1.03. The van der Waals surface area contributed by atoms with Crippen LogP contribution in [-0.4, -0.2) is 64.2 Å². The van der Waals surface area contributed by atoms with Crippen LogP contribution >= 0.6 is 0 Å². The standard InChI is InChI=1S/C52H64O10/c1-3-49(53)57-35-15-11-7-5-9-13-33-55-47-29-25-45(26-30-47)43-21-17-41(18-22-43)39-61-51-52(60-38-37-59-51)62-40-42-19-23-44(24-20-42)46-27-31-48(32-28-46)56-34-14-10-6-8-12-16-36-58-50(54)4-2/h3-4,17-32,51-52H,1-2,5-16,33-40H2/t51-,52-/m1/s1. The Hall–Kier alpha value is -5.26. The molecule has 0 aromatic heterocycles. The van der Waals surface area contributed by atoms with Gasteiger partial charge in [0.2, 0.25) is 12.6 Å². The zero-order valence-corrected chi connectivity index (χ0v) is 36.2. The topological polar surface area (TPSA) is 108 Å². The zero-order chi connectivity index (χ0) is 43.5. The van der Waals surface area contributed by atoms with Crippen molar-refractivity contribution in [3.05, 3.63) is 133 Å². The highest BCUT2D eigenvalue weighted by Gasteiger charge is 2.29. The summed E-state index contributed by atoms with van der Waals surface area (Å²) in [6.07, 6.45) is 13.8. The van der Waals surface area contributed by atoms with E-state index in [0.717, 1.165) is 122 Å². The van der Waals surface area contributed by atoms with Crippen LogP contribution in [0.5, 0.6) is 11.5 Å². The number of unbranched alkanes of at least 4 members (excludes halogenated alkanes) is 10. The molecule has 0 bridgehead atoms. The largest absolute Gasteiger partial charge is 0.494 e. The average Bonchev–Trinajstić information content (AvgIpc) is 3.32. The Bertz CT molecular complexity index is 1730. The molecule has 10 nitrogen and oxygen atoms in total. The number of carbonyl (C=O) groups is 2. The van der Waals surface area contributed by atoms with Crippen LogP contribution in [0.3, 0.4) is 0 Å². The first-order valence-electron chi connectivity index (χ1n) is 22.2. The van der Waals surface area contributed by atoms with E-state index in [4.69, 9.17) is 37.9 Å². The highest BCUT2D eigenvalue weighted by molar-refractivity contribution is 5.81. The summed E-state index contributed by atoms with van der Waals surface area (Å²) >= 11 is 0. The van der Waals surface area contributed by atoms with Crippen LogP contribution in [0.4, 0.5) is 0 Å². The first-order valence-corrected chi connectivity index (χ1v) is 22.2. The minimum Gasteiger partial charge on any atom is -0.494 e. The fourth-order valence-electron chi connectivity index (χ4n) is 6.84. The molecule has 332 valence electrons. The van der Waals surface area contributed by atoms with E-state index < -0.39 is 12.6 Å². The smallest absolute Gasteiger partial charge is 0.330 e. The van der Waals surface area contributed by atoms with E-state index in [9.17, 15) is 9.59 Å². The Morgan fingerprint density at radius 1 is 0.452 bits per heavy atom. The monoisotopic (exact) mass is 848 g/mol. The lowest BCUT2D eigenvalue weighted by Crippen LogP contribution is -2.41. The highest BCUT2D eigenvalue weighted by atomic mass is 16.8. The Labute approximate surface area is 368 Å². The summed E-state index contributed by atoms with van der Waals surface area (Å²) in [4.78, 5) is 22.1. The molecular formula is C52H64O10. The lowest BCUT2D eigenvalue weighted by atomic mass is 10.0. The van der Waals surface area contributed by atoms with E-state index >= 15 is 0 Å². The Balaban J connectivity index is 0.943. The van der Waals surface area contributed by atoms with Gasteiger partial charge in [-0.1, -0.05) is 137 Å². The van der Waals surface area contributed by atoms with E-state index in [1.54, 1.807) is 0 Å². The van der Waals surface area contributed by atoms with E-state index in [2.05, 4.69) is 86.0 Å². The van der Waals surface area contributed by atoms with Gasteiger partial charge < -0.3 is 37.9 Å². The highest BCUT2D eigenvalue weighted by Crippen LogP contribution is 2.26. The molecule has 0 saturated carbocycles. The Morgan fingerprint density at radius 2 is 0.758 bits per heavy atom. The predicted octanol–water partition coefficient (Wildman–Crippen LogP) is 11.4. The van der Waals surface area contributed by atoms with E-state index in [-0.39, 0.29) is 11.9 Å². The van der Waals surface area contributed by atoms with Crippen molar-refractivity contribution >= 4 is 11.9 Å². The first kappa shape index (κ1) is 47.8. The van der Waals surface area contributed by atoms with Crippen LogP contribution in [0, 0.1) is 0 Å². The van der Waals surface area contributed by atoms with Gasteiger partial charge >= 0.3 is 11.9 Å². The fourth-order valence-corrected chi connectivity index (χ4v) is 6.84. The second-order valence-electron chi connectivity index (χ2n) is 15.2. The van der Waals surface area contributed by atoms with Gasteiger partial charge in [0.1, 0.15) is 11.5 Å². The number of ether oxygens (including phenoxy) is 8. The molecule has 1 saturated heterocycles. The Morgan fingerprint density at radius 3 is 1.10 bits per heavy atom. The summed E-state index contributed by atoms with van der Waals surface area (Å²) in [6.45, 7) is 10.7. The Kier molecular flexibility index (Phi) is 21.9. The second kappa shape index (κ2) is 28.4. The van der Waals surface area contributed by atoms with Gasteiger partial charge in [-0.3, -0.25) is 0 Å². The van der Waals surface area contributed by atoms with Crippen LogP contribution in [-0.2, 0) is 51.2 Å². The third kappa shape index (κ3) is 18.0. The third-order valence-corrected chi connectivity index (χ3v) is 10.4. The van der Waals surface area contributed by atoms with Gasteiger partial charge in [-0.15, -0.1) is 0 Å². The van der Waals surface area contributed by atoms with Gasteiger partial charge in [-0.25, -0.2) is 9.59 Å². The normalized spacial score (nSPS) is 14.8. The van der Waals surface area contributed by atoms with Crippen molar-refractivity contribution in [2.75, 3.05) is 39.6 Å². The first-order chi connectivity index (χ1) is 30.5. The van der Waals surface area contributed by atoms with Crippen LogP contribution < -0.4 is 9.47 Å². The zero-order valence-electron chi connectivity index (χ0n) is 36.2. The molecule has 0 aliphatic carbocycles. The summed E-state index contributed by atoms with van der Waals surface area (Å²) in [6, 6.07) is 33.1. The quantitative estimate of drug-likeness (QED) is 0.0286. The number of esters is 2. The van der Waals surface area contributed by atoms with Crippen molar-refractivity contribution in [3.63, 3.8) is 0 Å². The van der Waals surface area contributed by atoms with Gasteiger partial charge in [-0.05, 0) is 83.3 Å². The van der Waals surface area contributed by atoms with Crippen LogP contribution in [0.25, 0.3) is 22.3 Å². The molecule has 62 heavy (non-hydrogen) atoms. The summed E-state index contributed by atoms with van der Waals surface area (Å²) < 4.78 is 46.1. The minimum absolute atomic E-state index is 0.353. The number of hydrogen-bond donors (Lipinski definition) is 0. The molecule has 0 spiro atoms. The minimum atomic E-state index is -0.636. The summed E-state index contributed by atoms with van der Waals surface area (Å²) in [7, 11) is 0. The van der Waals surface area contributed by atoms with Gasteiger partial charge in [0.15, 0.2) is 0 Å². The molecule has 0 amide bonds. The molecule has 4 aromatic carbocycles. The van der Waals surface area contributed by atoms with Gasteiger partial charge in [0.25, 0.3) is 0 Å². The van der Waals surface area contributed by atoms with Crippen molar-refractivity contribution in [1.82, 2.24) is 0 Å². The SMILES string of the molecule is C=CC(=O)OCCCCCCCCOc1ccc(-c2ccc(CO[C@H]3OCCO[C@@H]3OCc3ccc(-c4ccc(OCCCCCCCCOC(=O)C=C)cc4)cc3)cc2)cc1. The van der Waals surface area contributed by atoms with Crippen LogP contribution in [0.1, 0.15) is 88.2 Å². The van der Waals surface area contributed by atoms with Gasteiger partial charge in [-0.2, -0.15) is 0 Å². The molecule has 5 rings (SSSR count). The van der Waals surface area contributed by atoms with Crippen molar-refractivity contribution in [2.45, 2.75) is 103 Å². The van der Waals surface area contributed by atoms with Crippen molar-refractivity contribution in [1.29, 1.82) is 0 Å². The number of benzene rings is 4. The fraction of sp³-hybridized carbons (Fsp3) is 0.423. The van der Waals surface area contributed by atoms with E-state index in [0.29, 0.717) is 52.9 Å². The lowest BCUT2D eigenvalue weighted by molar-refractivity contribution is -0.326. The molecule has 1 aliphatic rings. The van der Waals surface area contributed by atoms with Gasteiger partial charge in [0, 0.05) is 12.2 Å². The van der Waals surface area contributed by atoms with Crippen LogP contribution in [0.2, 0.25) is 0 Å². The number of hydrogen-bond acceptors (Lipinski definition) is 10. The molecule has 0 unspecified atom stereocenters. The molecule has 0 radical (unpaired) electrons. The van der Waals surface area contributed by atoms with E-state index in [1.165, 1.54) is 12.2 Å². The molecule has 1 aliphatic heterocycles. The molecule has 4 aromatic rings. The predicted molar refractivity (Wildman–Crippen MR) is 242 cm³/mol. The molecular weight excluding hydrogens is 785 g/mol. The molecule has 1 fully saturated rings. The molecule has 1 heterocycles. The number of rotatable bonds is 30. The van der Waals surface area contributed by atoms with Crippen LogP contribution in [0.15, 0.2) is 122 Å². The second-order valence-corrected chi connectivity index (χ2v) is 15.2. The molecule has 2 atom stereocenters. The maximum Gasteiger partial charge on any atom is 0.330 e.